The lowest BCUT2D eigenvalue weighted by molar-refractivity contribution is -0.132. The van der Waals surface area contributed by atoms with Gasteiger partial charge in [0.2, 0.25) is 0 Å². The summed E-state index contributed by atoms with van der Waals surface area (Å²) in [5.41, 5.74) is 9.19. The van der Waals surface area contributed by atoms with Gasteiger partial charge in [0.1, 0.15) is 0 Å². The van der Waals surface area contributed by atoms with Crippen molar-refractivity contribution in [3.05, 3.63) is 53.6 Å². The number of nitrogens with one attached hydrogen (secondary N) is 2. The van der Waals surface area contributed by atoms with Gasteiger partial charge in [0, 0.05) is 5.69 Å². The molecule has 0 saturated heterocycles. The zero-order valence-corrected chi connectivity index (χ0v) is 11.9. The minimum Gasteiger partial charge on any atom is -0.397 e. The van der Waals surface area contributed by atoms with E-state index in [1.807, 2.05) is 32.0 Å². The van der Waals surface area contributed by atoms with Gasteiger partial charge in [-0.3, -0.25) is 9.59 Å². The predicted octanol–water partition coefficient (Wildman–Crippen LogP) is 2.46. The zero-order valence-electron chi connectivity index (χ0n) is 11.9. The van der Waals surface area contributed by atoms with Crippen molar-refractivity contribution in [2.24, 2.45) is 0 Å². The number of aryl methyl sites for hydroxylation is 2. The van der Waals surface area contributed by atoms with Crippen LogP contribution in [0.15, 0.2) is 42.5 Å². The molecule has 4 N–H and O–H groups in total. The Labute approximate surface area is 123 Å². The molecule has 2 aromatic rings. The van der Waals surface area contributed by atoms with Crippen molar-refractivity contribution < 1.29 is 9.59 Å². The molecule has 0 aliphatic heterocycles. The fraction of sp³-hybridized carbons (Fsp3) is 0.125. The number of nitrogen functional groups attached to an aromatic ring is 1. The first-order chi connectivity index (χ1) is 9.95. The molecule has 0 bridgehead atoms. The van der Waals surface area contributed by atoms with Crippen molar-refractivity contribution >= 4 is 28.9 Å². The molecule has 0 atom stereocenters. The quantitative estimate of drug-likeness (QED) is 0.584. The van der Waals surface area contributed by atoms with E-state index in [-0.39, 0.29) is 0 Å². The van der Waals surface area contributed by atoms with Gasteiger partial charge in [-0.25, -0.2) is 0 Å². The maximum atomic E-state index is 11.9. The lowest BCUT2D eigenvalue weighted by Crippen LogP contribution is -2.29. The second-order valence-electron chi connectivity index (χ2n) is 4.86. The molecule has 0 spiro atoms. The Balaban J connectivity index is 2.04. The summed E-state index contributed by atoms with van der Waals surface area (Å²) in [7, 11) is 0. The molecule has 0 unspecified atom stereocenters. The number of rotatable bonds is 2. The van der Waals surface area contributed by atoms with Gasteiger partial charge in [0.05, 0.1) is 11.4 Å². The van der Waals surface area contributed by atoms with E-state index in [1.54, 1.807) is 24.3 Å². The Morgan fingerprint density at radius 1 is 0.857 bits per heavy atom. The first kappa shape index (κ1) is 14.6. The van der Waals surface area contributed by atoms with Crippen molar-refractivity contribution in [2.45, 2.75) is 13.8 Å². The third kappa shape index (κ3) is 3.82. The van der Waals surface area contributed by atoms with Gasteiger partial charge >= 0.3 is 11.8 Å². The molecule has 2 amide bonds. The van der Waals surface area contributed by atoms with Crippen molar-refractivity contribution in [3.63, 3.8) is 0 Å². The van der Waals surface area contributed by atoms with Crippen LogP contribution in [0, 0.1) is 13.8 Å². The second kappa shape index (κ2) is 6.09. The fourth-order valence-corrected chi connectivity index (χ4v) is 1.78. The average molecular weight is 283 g/mol. The van der Waals surface area contributed by atoms with Gasteiger partial charge < -0.3 is 16.4 Å². The van der Waals surface area contributed by atoms with Crippen LogP contribution in [-0.2, 0) is 9.59 Å². The smallest absolute Gasteiger partial charge is 0.314 e. The lowest BCUT2D eigenvalue weighted by Gasteiger charge is -2.09. The topological polar surface area (TPSA) is 84.2 Å². The maximum Gasteiger partial charge on any atom is 0.314 e. The van der Waals surface area contributed by atoms with Gasteiger partial charge in [-0.15, -0.1) is 0 Å². The molecule has 0 aliphatic carbocycles. The largest absolute Gasteiger partial charge is 0.397 e. The molecule has 2 aromatic carbocycles. The highest BCUT2D eigenvalue weighted by atomic mass is 16.2. The van der Waals surface area contributed by atoms with Crippen LogP contribution >= 0.6 is 0 Å². The minimum absolute atomic E-state index is 0.414. The Morgan fingerprint density at radius 3 is 2.10 bits per heavy atom. The summed E-state index contributed by atoms with van der Waals surface area (Å²) < 4.78 is 0. The number of nitrogens with two attached hydrogens (primary N) is 1. The van der Waals surface area contributed by atoms with Crippen LogP contribution in [0.4, 0.5) is 17.1 Å². The second-order valence-corrected chi connectivity index (χ2v) is 4.86. The Kier molecular flexibility index (Phi) is 4.23. The zero-order chi connectivity index (χ0) is 15.4. The Hall–Kier alpha value is -2.82. The Bertz CT molecular complexity index is 678. The summed E-state index contributed by atoms with van der Waals surface area (Å²) >= 11 is 0. The van der Waals surface area contributed by atoms with Crippen LogP contribution in [0.2, 0.25) is 0 Å². The Morgan fingerprint density at radius 2 is 1.43 bits per heavy atom. The van der Waals surface area contributed by atoms with E-state index < -0.39 is 11.8 Å². The number of anilines is 3. The summed E-state index contributed by atoms with van der Waals surface area (Å²) in [5, 5.41) is 5.04. The summed E-state index contributed by atoms with van der Waals surface area (Å²) in [6.07, 6.45) is 0. The first-order valence-electron chi connectivity index (χ1n) is 6.51. The van der Waals surface area contributed by atoms with E-state index in [9.17, 15) is 9.59 Å². The van der Waals surface area contributed by atoms with Gasteiger partial charge in [-0.2, -0.15) is 0 Å². The molecule has 0 aliphatic rings. The molecule has 0 radical (unpaired) electrons. The molecule has 5 nitrogen and oxygen atoms in total. The maximum absolute atomic E-state index is 11.9. The molecule has 0 aromatic heterocycles. The van der Waals surface area contributed by atoms with E-state index in [2.05, 4.69) is 10.6 Å². The molecule has 0 heterocycles. The highest BCUT2D eigenvalue weighted by Gasteiger charge is 2.15. The van der Waals surface area contributed by atoms with Gasteiger partial charge in [0.25, 0.3) is 0 Å². The summed E-state index contributed by atoms with van der Waals surface area (Å²) in [6.45, 7) is 3.82. The van der Waals surface area contributed by atoms with Crippen molar-refractivity contribution in [1.29, 1.82) is 0 Å². The molecule has 5 heteroatoms. The van der Waals surface area contributed by atoms with E-state index in [0.717, 1.165) is 11.1 Å². The summed E-state index contributed by atoms with van der Waals surface area (Å²) in [5.74, 6) is -1.49. The third-order valence-corrected chi connectivity index (χ3v) is 2.97. The van der Waals surface area contributed by atoms with E-state index in [0.29, 0.717) is 17.1 Å². The van der Waals surface area contributed by atoms with Gasteiger partial charge in [0.15, 0.2) is 0 Å². The molecular formula is C16H17N3O2. The first-order valence-corrected chi connectivity index (χ1v) is 6.51. The number of carbonyl (C=O) groups excluding carboxylic acids is 2. The van der Waals surface area contributed by atoms with Crippen molar-refractivity contribution in [1.82, 2.24) is 0 Å². The number of hydrogen-bond donors (Lipinski definition) is 3. The number of hydrogen-bond acceptors (Lipinski definition) is 3. The highest BCUT2D eigenvalue weighted by Crippen LogP contribution is 2.19. The molecule has 108 valence electrons. The number of amides is 2. The number of carbonyl (C=O) groups is 2. The minimum atomic E-state index is -0.757. The molecule has 2 rings (SSSR count). The van der Waals surface area contributed by atoms with E-state index >= 15 is 0 Å². The molecule has 0 fully saturated rings. The van der Waals surface area contributed by atoms with E-state index in [1.165, 1.54) is 0 Å². The molecular weight excluding hydrogens is 266 g/mol. The molecule has 0 saturated carbocycles. The van der Waals surface area contributed by atoms with Crippen molar-refractivity contribution in [2.75, 3.05) is 16.4 Å². The van der Waals surface area contributed by atoms with Crippen LogP contribution < -0.4 is 16.4 Å². The SMILES string of the molecule is Cc1ccc(NC(=O)C(=O)Nc2cc(C)ccc2N)cc1. The van der Waals surface area contributed by atoms with Gasteiger partial charge in [-0.1, -0.05) is 23.8 Å². The van der Waals surface area contributed by atoms with Crippen LogP contribution in [0.3, 0.4) is 0 Å². The van der Waals surface area contributed by atoms with Crippen molar-refractivity contribution in [3.8, 4) is 0 Å². The van der Waals surface area contributed by atoms with Crippen LogP contribution in [0.5, 0.6) is 0 Å². The normalized spacial score (nSPS) is 10.0. The summed E-state index contributed by atoms with van der Waals surface area (Å²) in [4.78, 5) is 23.7. The van der Waals surface area contributed by atoms with E-state index in [4.69, 9.17) is 5.73 Å². The molecule has 21 heavy (non-hydrogen) atoms. The highest BCUT2D eigenvalue weighted by molar-refractivity contribution is 6.43. The average Bonchev–Trinajstić information content (AvgIpc) is 2.45. The predicted molar refractivity (Wildman–Crippen MR) is 84.0 cm³/mol. The third-order valence-electron chi connectivity index (χ3n) is 2.97. The number of benzene rings is 2. The standard InChI is InChI=1S/C16H17N3O2/c1-10-3-6-12(7-4-10)18-15(20)16(21)19-14-9-11(2)5-8-13(14)17/h3-9H,17H2,1-2H3,(H,18,20)(H,19,21). The van der Waals surface area contributed by atoms with Crippen LogP contribution in [-0.4, -0.2) is 11.8 Å². The summed E-state index contributed by atoms with van der Waals surface area (Å²) in [6, 6.07) is 12.4. The fourth-order valence-electron chi connectivity index (χ4n) is 1.78. The van der Waals surface area contributed by atoms with Crippen LogP contribution in [0.25, 0.3) is 0 Å². The monoisotopic (exact) mass is 283 g/mol. The lowest BCUT2D eigenvalue weighted by atomic mass is 10.2. The van der Waals surface area contributed by atoms with Gasteiger partial charge in [-0.05, 0) is 43.7 Å². The van der Waals surface area contributed by atoms with Crippen LogP contribution in [0.1, 0.15) is 11.1 Å².